The Hall–Kier alpha value is -3.48. The topological polar surface area (TPSA) is 89.0 Å². The largest absolute Gasteiger partial charge is 0.473 e. The molecule has 152 valence electrons. The van der Waals surface area contributed by atoms with Gasteiger partial charge in [-0.15, -0.1) is 10.2 Å². The van der Waals surface area contributed by atoms with Crippen LogP contribution in [0.15, 0.2) is 36.5 Å². The number of carbonyl (C=O) groups is 1. The van der Waals surface area contributed by atoms with Crippen LogP contribution in [0.1, 0.15) is 40.7 Å². The summed E-state index contributed by atoms with van der Waals surface area (Å²) >= 11 is 0. The number of rotatable bonds is 6. The highest BCUT2D eigenvalue weighted by molar-refractivity contribution is 6.07. The van der Waals surface area contributed by atoms with Gasteiger partial charge in [-0.25, -0.2) is 4.98 Å². The maximum absolute atomic E-state index is 12.4. The quantitative estimate of drug-likeness (QED) is 0.636. The summed E-state index contributed by atoms with van der Waals surface area (Å²) in [5.74, 6) is 2.06. The number of anilines is 3. The van der Waals surface area contributed by atoms with Crippen LogP contribution in [-0.4, -0.2) is 34.1 Å². The molecule has 2 aliphatic rings. The molecular weight excluding hydrogens is 378 g/mol. The number of aryl methyl sites for hydroxylation is 1. The lowest BCUT2D eigenvalue weighted by molar-refractivity contribution is 0.0995. The number of hydrogen-bond acceptors (Lipinski definition) is 7. The van der Waals surface area contributed by atoms with Gasteiger partial charge in [-0.2, -0.15) is 0 Å². The van der Waals surface area contributed by atoms with Crippen LogP contribution in [0.4, 0.5) is 17.3 Å². The summed E-state index contributed by atoms with van der Waals surface area (Å²) in [6.45, 7) is 2.05. The van der Waals surface area contributed by atoms with Crippen molar-refractivity contribution in [3.05, 3.63) is 53.2 Å². The summed E-state index contributed by atoms with van der Waals surface area (Å²) in [6.07, 6.45) is 5.66. The van der Waals surface area contributed by atoms with Crippen LogP contribution in [0, 0.1) is 6.92 Å². The van der Waals surface area contributed by atoms with Crippen molar-refractivity contribution in [2.24, 2.45) is 0 Å². The number of pyridine rings is 1. The molecule has 2 N–H and O–H groups in total. The second-order valence-corrected chi connectivity index (χ2v) is 7.77. The van der Waals surface area contributed by atoms with Gasteiger partial charge in [-0.3, -0.25) is 4.79 Å². The number of ether oxygens (including phenoxy) is 1. The normalized spacial score (nSPS) is 15.1. The summed E-state index contributed by atoms with van der Waals surface area (Å²) in [6, 6.07) is 9.69. The van der Waals surface area contributed by atoms with Crippen molar-refractivity contribution in [3.8, 4) is 17.0 Å². The molecule has 7 heteroatoms. The summed E-state index contributed by atoms with van der Waals surface area (Å²) in [5.41, 5.74) is 6.01. The molecule has 7 nitrogen and oxygen atoms in total. The number of ketones is 1. The van der Waals surface area contributed by atoms with Gasteiger partial charge in [0.05, 0.1) is 0 Å². The Bertz CT molecular complexity index is 1120. The molecule has 2 aromatic heterocycles. The third-order valence-corrected chi connectivity index (χ3v) is 5.57. The molecule has 0 radical (unpaired) electrons. The van der Waals surface area contributed by atoms with Crippen molar-refractivity contribution < 1.29 is 9.53 Å². The lowest BCUT2D eigenvalue weighted by Gasteiger charge is -2.15. The molecule has 0 atom stereocenters. The van der Waals surface area contributed by atoms with Crippen LogP contribution in [0.3, 0.4) is 0 Å². The van der Waals surface area contributed by atoms with E-state index < -0.39 is 0 Å². The van der Waals surface area contributed by atoms with Gasteiger partial charge in [0, 0.05) is 42.5 Å². The lowest BCUT2D eigenvalue weighted by atomic mass is 9.94. The second-order valence-electron chi connectivity index (χ2n) is 7.77. The standard InChI is InChI=1S/C23H23N5O2/c1-13-11-21(26-20-9-10-22(28-27-20)30-14-3-4-14)25-12-17(13)15-5-7-18(24-2)23-16(15)6-8-19(23)29/h5,7,9-12,14,24H,3-4,6,8H2,1-2H3,(H,25,26,27). The SMILES string of the molecule is CNc1ccc(-c2cnc(Nc3ccc(OC4CC4)nn3)cc2C)c2c1C(=O)CC2. The first kappa shape index (κ1) is 18.5. The van der Waals surface area contributed by atoms with E-state index in [1.165, 1.54) is 0 Å². The van der Waals surface area contributed by atoms with Crippen LogP contribution < -0.4 is 15.4 Å². The van der Waals surface area contributed by atoms with Gasteiger partial charge in [-0.1, -0.05) is 6.07 Å². The molecule has 1 fully saturated rings. The van der Waals surface area contributed by atoms with Gasteiger partial charge in [0.1, 0.15) is 11.9 Å². The van der Waals surface area contributed by atoms with Crippen molar-refractivity contribution in [1.29, 1.82) is 0 Å². The van der Waals surface area contributed by atoms with E-state index in [1.54, 1.807) is 0 Å². The predicted molar refractivity (Wildman–Crippen MR) is 116 cm³/mol. The molecule has 0 bridgehead atoms. The van der Waals surface area contributed by atoms with E-state index >= 15 is 0 Å². The zero-order valence-corrected chi connectivity index (χ0v) is 17.0. The zero-order chi connectivity index (χ0) is 20.7. The number of carbonyl (C=O) groups excluding carboxylic acids is 1. The number of benzene rings is 1. The third-order valence-electron chi connectivity index (χ3n) is 5.57. The molecule has 1 saturated carbocycles. The average molecular weight is 401 g/mol. The molecule has 0 amide bonds. The number of hydrogen-bond donors (Lipinski definition) is 2. The Labute approximate surface area is 174 Å². The summed E-state index contributed by atoms with van der Waals surface area (Å²) in [5, 5.41) is 14.6. The molecule has 2 aliphatic carbocycles. The van der Waals surface area contributed by atoms with Gasteiger partial charge in [-0.05, 0) is 61.1 Å². The maximum Gasteiger partial charge on any atom is 0.233 e. The smallest absolute Gasteiger partial charge is 0.233 e. The number of nitrogens with zero attached hydrogens (tertiary/aromatic N) is 3. The summed E-state index contributed by atoms with van der Waals surface area (Å²) in [4.78, 5) is 16.9. The first-order valence-corrected chi connectivity index (χ1v) is 10.2. The fraction of sp³-hybridized carbons (Fsp3) is 0.304. The van der Waals surface area contributed by atoms with E-state index in [0.717, 1.165) is 52.8 Å². The van der Waals surface area contributed by atoms with Gasteiger partial charge < -0.3 is 15.4 Å². The minimum Gasteiger partial charge on any atom is -0.473 e. The highest BCUT2D eigenvalue weighted by Crippen LogP contribution is 2.38. The molecule has 3 aromatic rings. The third kappa shape index (κ3) is 3.47. The van der Waals surface area contributed by atoms with Gasteiger partial charge in [0.25, 0.3) is 0 Å². The molecule has 5 rings (SSSR count). The maximum atomic E-state index is 12.4. The first-order chi connectivity index (χ1) is 14.6. The predicted octanol–water partition coefficient (Wildman–Crippen LogP) is 4.30. The van der Waals surface area contributed by atoms with Crippen LogP contribution in [0.25, 0.3) is 11.1 Å². The molecular formula is C23H23N5O2. The minimum absolute atomic E-state index is 0.202. The molecule has 0 spiro atoms. The molecule has 0 saturated heterocycles. The molecule has 30 heavy (non-hydrogen) atoms. The average Bonchev–Trinajstić information content (AvgIpc) is 3.49. The lowest BCUT2D eigenvalue weighted by Crippen LogP contribution is -2.03. The van der Waals surface area contributed by atoms with Gasteiger partial charge in [0.15, 0.2) is 11.6 Å². The van der Waals surface area contributed by atoms with Crippen LogP contribution >= 0.6 is 0 Å². The van der Waals surface area contributed by atoms with E-state index in [0.29, 0.717) is 30.0 Å². The van der Waals surface area contributed by atoms with Gasteiger partial charge in [0.2, 0.25) is 5.88 Å². The number of Topliss-reactive ketones (excluding diaryl/α,β-unsaturated/α-hetero) is 1. The van der Waals surface area contributed by atoms with Crippen LogP contribution in [-0.2, 0) is 6.42 Å². The fourth-order valence-electron chi connectivity index (χ4n) is 3.89. The highest BCUT2D eigenvalue weighted by atomic mass is 16.5. The van der Waals surface area contributed by atoms with Crippen molar-refractivity contribution >= 4 is 23.1 Å². The molecule has 2 heterocycles. The Morgan fingerprint density at radius 1 is 1.03 bits per heavy atom. The molecule has 1 aromatic carbocycles. The van der Waals surface area contributed by atoms with Crippen LogP contribution in [0.2, 0.25) is 0 Å². The van der Waals surface area contributed by atoms with Crippen molar-refractivity contribution in [2.45, 2.75) is 38.7 Å². The Morgan fingerprint density at radius 2 is 1.90 bits per heavy atom. The van der Waals surface area contributed by atoms with E-state index in [-0.39, 0.29) is 5.78 Å². The Balaban J connectivity index is 1.39. The van der Waals surface area contributed by atoms with E-state index in [9.17, 15) is 4.79 Å². The van der Waals surface area contributed by atoms with Crippen molar-refractivity contribution in [3.63, 3.8) is 0 Å². The first-order valence-electron chi connectivity index (χ1n) is 10.2. The summed E-state index contributed by atoms with van der Waals surface area (Å²) in [7, 11) is 1.85. The highest BCUT2D eigenvalue weighted by Gasteiger charge is 2.26. The summed E-state index contributed by atoms with van der Waals surface area (Å²) < 4.78 is 5.63. The van der Waals surface area contributed by atoms with Crippen molar-refractivity contribution in [2.75, 3.05) is 17.7 Å². The van der Waals surface area contributed by atoms with E-state index in [1.807, 2.05) is 37.5 Å². The Morgan fingerprint density at radius 3 is 2.60 bits per heavy atom. The number of aromatic nitrogens is 3. The minimum atomic E-state index is 0.202. The number of nitrogens with one attached hydrogen (secondary N) is 2. The molecule has 0 aliphatic heterocycles. The Kier molecular flexibility index (Phi) is 4.58. The van der Waals surface area contributed by atoms with E-state index in [2.05, 4.69) is 38.8 Å². The van der Waals surface area contributed by atoms with Crippen molar-refractivity contribution in [1.82, 2.24) is 15.2 Å². The number of fused-ring (bicyclic) bond motifs is 1. The van der Waals surface area contributed by atoms with E-state index in [4.69, 9.17) is 4.74 Å². The zero-order valence-electron chi connectivity index (χ0n) is 17.0. The monoisotopic (exact) mass is 401 g/mol. The van der Waals surface area contributed by atoms with Gasteiger partial charge >= 0.3 is 0 Å². The van der Waals surface area contributed by atoms with Crippen LogP contribution in [0.5, 0.6) is 5.88 Å². The fourth-order valence-corrected chi connectivity index (χ4v) is 3.89. The molecule has 0 unspecified atom stereocenters. The second kappa shape index (κ2) is 7.40.